The minimum Gasteiger partial charge on any atom is -0.378 e. The molecule has 1 unspecified atom stereocenters. The maximum absolute atomic E-state index is 12.2. The van der Waals surface area contributed by atoms with Crippen molar-refractivity contribution in [1.82, 2.24) is 14.7 Å². The molecule has 0 spiro atoms. The number of ether oxygens (including phenoxy) is 1. The second-order valence-electron chi connectivity index (χ2n) is 5.34. The van der Waals surface area contributed by atoms with Gasteiger partial charge in [0.25, 0.3) is 0 Å². The molecule has 108 valence electrons. The van der Waals surface area contributed by atoms with Gasteiger partial charge < -0.3 is 9.64 Å². The Kier molecular flexibility index (Phi) is 3.48. The molecule has 1 fully saturated rings. The van der Waals surface area contributed by atoms with E-state index in [1.54, 1.807) is 4.90 Å². The lowest BCUT2D eigenvalue weighted by Crippen LogP contribution is -2.43. The van der Waals surface area contributed by atoms with E-state index in [4.69, 9.17) is 4.74 Å². The number of aryl methyl sites for hydroxylation is 1. The summed E-state index contributed by atoms with van der Waals surface area (Å²) in [4.78, 5) is 14.0. The summed E-state index contributed by atoms with van der Waals surface area (Å²) >= 11 is 0. The minimum absolute atomic E-state index is 0.0965. The molecular formula is C14H20N4O2. The van der Waals surface area contributed by atoms with E-state index >= 15 is 0 Å². The van der Waals surface area contributed by atoms with E-state index < -0.39 is 0 Å². The summed E-state index contributed by atoms with van der Waals surface area (Å²) in [5, 5.41) is 7.38. The number of nitrogens with one attached hydrogen (secondary N) is 1. The monoisotopic (exact) mass is 276 g/mol. The molecule has 1 aromatic rings. The van der Waals surface area contributed by atoms with E-state index in [0.29, 0.717) is 38.0 Å². The summed E-state index contributed by atoms with van der Waals surface area (Å²) < 4.78 is 7.13. The third kappa shape index (κ3) is 2.31. The van der Waals surface area contributed by atoms with Gasteiger partial charge in [-0.25, -0.2) is 4.79 Å². The topological polar surface area (TPSA) is 59.4 Å². The second kappa shape index (κ2) is 5.28. The smallest absolute Gasteiger partial charge is 0.323 e. The minimum atomic E-state index is -0.0965. The van der Waals surface area contributed by atoms with E-state index in [-0.39, 0.29) is 6.03 Å². The Morgan fingerprint density at radius 3 is 2.95 bits per heavy atom. The molecule has 1 aromatic heterocycles. The molecule has 1 aliphatic carbocycles. The van der Waals surface area contributed by atoms with Crippen molar-refractivity contribution in [3.05, 3.63) is 17.3 Å². The van der Waals surface area contributed by atoms with Gasteiger partial charge in [-0.1, -0.05) is 19.1 Å². The van der Waals surface area contributed by atoms with Crippen LogP contribution < -0.4 is 5.32 Å². The summed E-state index contributed by atoms with van der Waals surface area (Å²) in [5.41, 5.74) is 2.22. The molecule has 6 nitrogen and oxygen atoms in total. The number of morpholine rings is 1. The van der Waals surface area contributed by atoms with Crippen LogP contribution in [-0.4, -0.2) is 47.0 Å². The first-order valence-corrected chi connectivity index (χ1v) is 7.04. The van der Waals surface area contributed by atoms with E-state index in [1.165, 1.54) is 5.69 Å². The van der Waals surface area contributed by atoms with E-state index in [0.717, 1.165) is 12.0 Å². The van der Waals surface area contributed by atoms with E-state index in [2.05, 4.69) is 29.5 Å². The van der Waals surface area contributed by atoms with Crippen molar-refractivity contribution < 1.29 is 9.53 Å². The number of hydrogen-bond acceptors (Lipinski definition) is 3. The maximum atomic E-state index is 12.2. The lowest BCUT2D eigenvalue weighted by Gasteiger charge is -2.26. The number of nitrogens with zero attached hydrogens (tertiary/aromatic N) is 3. The fourth-order valence-electron chi connectivity index (χ4n) is 2.84. The highest BCUT2D eigenvalue weighted by molar-refractivity contribution is 5.91. The average molecular weight is 276 g/mol. The van der Waals surface area contributed by atoms with Crippen LogP contribution in [0.2, 0.25) is 0 Å². The molecule has 1 aliphatic heterocycles. The Hall–Kier alpha value is -1.82. The van der Waals surface area contributed by atoms with Gasteiger partial charge in [0, 0.05) is 31.6 Å². The summed E-state index contributed by atoms with van der Waals surface area (Å²) in [5.74, 6) is 1.09. The summed E-state index contributed by atoms with van der Waals surface area (Å²) in [7, 11) is 1.93. The van der Waals surface area contributed by atoms with Gasteiger partial charge in [-0.15, -0.1) is 0 Å². The number of anilines is 1. The first kappa shape index (κ1) is 13.2. The van der Waals surface area contributed by atoms with E-state index in [9.17, 15) is 4.79 Å². The molecule has 0 saturated carbocycles. The number of amides is 2. The molecule has 1 saturated heterocycles. The molecule has 0 aromatic carbocycles. The molecule has 1 atom stereocenters. The van der Waals surface area contributed by atoms with Crippen molar-refractivity contribution in [1.29, 1.82) is 0 Å². The Balaban J connectivity index is 1.80. The molecular weight excluding hydrogens is 256 g/mol. The summed E-state index contributed by atoms with van der Waals surface area (Å²) in [6.45, 7) is 4.65. The Bertz CT molecular complexity index is 544. The van der Waals surface area contributed by atoms with Gasteiger partial charge in [-0.3, -0.25) is 10.00 Å². The number of carbonyl (C=O) groups is 1. The first-order chi connectivity index (χ1) is 9.66. The van der Waals surface area contributed by atoms with Crippen LogP contribution in [0, 0.1) is 0 Å². The van der Waals surface area contributed by atoms with Crippen molar-refractivity contribution in [2.24, 2.45) is 7.05 Å². The molecule has 3 rings (SSSR count). The predicted octanol–water partition coefficient (Wildman–Crippen LogP) is 1.80. The maximum Gasteiger partial charge on any atom is 0.323 e. The molecule has 2 aliphatic rings. The molecule has 2 heterocycles. The average Bonchev–Trinajstić information content (AvgIpc) is 2.77. The third-order valence-electron chi connectivity index (χ3n) is 3.89. The van der Waals surface area contributed by atoms with Gasteiger partial charge in [0.2, 0.25) is 0 Å². The number of allylic oxidation sites excluding steroid dienone is 1. The quantitative estimate of drug-likeness (QED) is 0.851. The lowest BCUT2D eigenvalue weighted by molar-refractivity contribution is 0.0564. The number of fused-ring (bicyclic) bond motifs is 1. The van der Waals surface area contributed by atoms with Gasteiger partial charge in [0.1, 0.15) is 0 Å². The van der Waals surface area contributed by atoms with Crippen molar-refractivity contribution in [2.45, 2.75) is 19.3 Å². The highest BCUT2D eigenvalue weighted by Gasteiger charge is 2.24. The summed E-state index contributed by atoms with van der Waals surface area (Å²) in [6, 6.07) is -0.0965. The van der Waals surface area contributed by atoms with Crippen LogP contribution in [0.25, 0.3) is 6.08 Å². The highest BCUT2D eigenvalue weighted by atomic mass is 16.5. The lowest BCUT2D eigenvalue weighted by atomic mass is 9.94. The zero-order chi connectivity index (χ0) is 14.1. The second-order valence-corrected chi connectivity index (χ2v) is 5.34. The first-order valence-electron chi connectivity index (χ1n) is 7.04. The van der Waals surface area contributed by atoms with Crippen molar-refractivity contribution in [3.63, 3.8) is 0 Å². The molecule has 6 heteroatoms. The van der Waals surface area contributed by atoms with Crippen LogP contribution in [-0.2, 0) is 11.8 Å². The zero-order valence-corrected chi connectivity index (χ0v) is 11.9. The van der Waals surface area contributed by atoms with Crippen LogP contribution in [0.5, 0.6) is 0 Å². The van der Waals surface area contributed by atoms with E-state index in [1.807, 2.05) is 11.7 Å². The third-order valence-corrected chi connectivity index (χ3v) is 3.89. The molecule has 2 amide bonds. The van der Waals surface area contributed by atoms with Crippen molar-refractivity contribution in [2.75, 3.05) is 31.6 Å². The SMILES string of the molecule is CC1CC=Cc2c(NC(=O)N3CCOCC3)nn(C)c21. The van der Waals surface area contributed by atoms with Crippen LogP contribution in [0.15, 0.2) is 6.08 Å². The zero-order valence-electron chi connectivity index (χ0n) is 11.9. The highest BCUT2D eigenvalue weighted by Crippen LogP contribution is 2.33. The number of rotatable bonds is 1. The standard InChI is InChI=1S/C14H20N4O2/c1-10-4-3-5-11-12(10)17(2)16-13(11)15-14(19)18-6-8-20-9-7-18/h3,5,10H,4,6-9H2,1-2H3,(H,15,16,19). The van der Waals surface area contributed by atoms with Gasteiger partial charge >= 0.3 is 6.03 Å². The summed E-state index contributed by atoms with van der Waals surface area (Å²) in [6.07, 6.45) is 5.21. The predicted molar refractivity (Wildman–Crippen MR) is 76.7 cm³/mol. The van der Waals surface area contributed by atoms with Crippen LogP contribution in [0.3, 0.4) is 0 Å². The van der Waals surface area contributed by atoms with Crippen LogP contribution in [0.4, 0.5) is 10.6 Å². The normalized spacial score (nSPS) is 21.7. The fraction of sp³-hybridized carbons (Fsp3) is 0.571. The Morgan fingerprint density at radius 2 is 2.20 bits per heavy atom. The van der Waals surface area contributed by atoms with Crippen LogP contribution >= 0.6 is 0 Å². The molecule has 1 N–H and O–H groups in total. The van der Waals surface area contributed by atoms with Gasteiger partial charge in [-0.2, -0.15) is 5.10 Å². The van der Waals surface area contributed by atoms with Gasteiger partial charge in [0.05, 0.1) is 18.9 Å². The Labute approximate surface area is 118 Å². The number of aromatic nitrogens is 2. The largest absolute Gasteiger partial charge is 0.378 e. The molecule has 0 bridgehead atoms. The van der Waals surface area contributed by atoms with Crippen molar-refractivity contribution >= 4 is 17.9 Å². The van der Waals surface area contributed by atoms with Crippen molar-refractivity contribution in [3.8, 4) is 0 Å². The van der Waals surface area contributed by atoms with Crippen LogP contribution in [0.1, 0.15) is 30.5 Å². The van der Waals surface area contributed by atoms with Gasteiger partial charge in [-0.05, 0) is 6.42 Å². The number of urea groups is 1. The fourth-order valence-corrected chi connectivity index (χ4v) is 2.84. The molecule has 20 heavy (non-hydrogen) atoms. The number of hydrogen-bond donors (Lipinski definition) is 1. The number of carbonyl (C=O) groups excluding carboxylic acids is 1. The molecule has 0 radical (unpaired) electrons. The Morgan fingerprint density at radius 1 is 1.45 bits per heavy atom. The van der Waals surface area contributed by atoms with Gasteiger partial charge in [0.15, 0.2) is 5.82 Å².